The predicted octanol–water partition coefficient (Wildman–Crippen LogP) is 4.50. The van der Waals surface area contributed by atoms with Gasteiger partial charge in [-0.1, -0.05) is 19.9 Å². The number of fused-ring (bicyclic) bond motifs is 1. The topological polar surface area (TPSA) is 84.9 Å². The van der Waals surface area contributed by atoms with Crippen molar-refractivity contribution in [3.63, 3.8) is 0 Å². The molecule has 1 aliphatic rings. The molecule has 0 radical (unpaired) electrons. The third-order valence-electron chi connectivity index (χ3n) is 4.55. The summed E-state index contributed by atoms with van der Waals surface area (Å²) in [5.41, 5.74) is 12.4. The molecule has 2 aromatic heterocycles. The largest absolute Gasteiger partial charge is 0.508 e. The minimum Gasteiger partial charge on any atom is -0.508 e. The molecule has 3 aromatic rings. The maximum Gasteiger partial charge on any atom is 0.153 e. The highest BCUT2D eigenvalue weighted by atomic mass is 16.3. The molecule has 0 aliphatic heterocycles. The molecule has 5 heteroatoms. The first-order valence-corrected chi connectivity index (χ1v) is 8.77. The van der Waals surface area contributed by atoms with E-state index >= 15 is 0 Å². The second-order valence-electron chi connectivity index (χ2n) is 6.23. The predicted molar refractivity (Wildman–Crippen MR) is 102 cm³/mol. The van der Waals surface area contributed by atoms with Gasteiger partial charge in [0.25, 0.3) is 0 Å². The summed E-state index contributed by atoms with van der Waals surface area (Å²) in [7, 11) is 0. The summed E-state index contributed by atoms with van der Waals surface area (Å²) in [6, 6.07) is 5.75. The minimum atomic E-state index is 0.283. The molecule has 3 N–H and O–H groups in total. The van der Waals surface area contributed by atoms with Crippen LogP contribution in [0.4, 0.5) is 5.82 Å². The highest BCUT2D eigenvalue weighted by molar-refractivity contribution is 5.97. The normalized spacial score (nSPS) is 13.4. The average molecular weight is 336 g/mol. The van der Waals surface area contributed by atoms with Crippen molar-refractivity contribution in [2.75, 3.05) is 5.73 Å². The van der Waals surface area contributed by atoms with Crippen LogP contribution in [0.2, 0.25) is 0 Å². The Balaban J connectivity index is 0.000000880. The van der Waals surface area contributed by atoms with Crippen LogP contribution in [-0.4, -0.2) is 20.1 Å². The Labute approximate surface area is 148 Å². The first-order chi connectivity index (χ1) is 12.1. The standard InChI is InChI=1S/C18H18N4O.C2H6/c1-9-3-6-14(23)10(2)15(9)12-7-13(11-4-5-11)22-17-16(12)20-8-21-18(17)19;1-2/h3,6-8,11,23H,4-5H2,1-2H3,(H2,19,20,21);1-2H3. The minimum absolute atomic E-state index is 0.283. The smallest absolute Gasteiger partial charge is 0.153 e. The number of pyridine rings is 1. The quantitative estimate of drug-likeness (QED) is 0.719. The molecule has 1 fully saturated rings. The van der Waals surface area contributed by atoms with E-state index in [9.17, 15) is 5.11 Å². The summed E-state index contributed by atoms with van der Waals surface area (Å²) in [4.78, 5) is 13.2. The van der Waals surface area contributed by atoms with E-state index in [0.717, 1.165) is 46.3 Å². The third kappa shape index (κ3) is 3.02. The molecule has 1 aromatic carbocycles. The van der Waals surface area contributed by atoms with E-state index in [2.05, 4.69) is 16.0 Å². The number of nitrogens with zero attached hydrogens (tertiary/aromatic N) is 3. The summed E-state index contributed by atoms with van der Waals surface area (Å²) in [6.07, 6.45) is 3.78. The number of aromatic nitrogens is 3. The molecule has 0 bridgehead atoms. The van der Waals surface area contributed by atoms with Crippen LogP contribution in [0.15, 0.2) is 24.5 Å². The number of rotatable bonds is 2. The summed E-state index contributed by atoms with van der Waals surface area (Å²) in [5.74, 6) is 1.18. The van der Waals surface area contributed by atoms with Gasteiger partial charge in [0, 0.05) is 17.2 Å². The Morgan fingerprint density at radius 2 is 1.80 bits per heavy atom. The lowest BCUT2D eigenvalue weighted by atomic mass is 9.93. The van der Waals surface area contributed by atoms with Crippen LogP contribution in [0.25, 0.3) is 22.2 Å². The fourth-order valence-corrected chi connectivity index (χ4v) is 3.11. The lowest BCUT2D eigenvalue weighted by molar-refractivity contribution is 0.471. The Kier molecular flexibility index (Phi) is 4.57. The Morgan fingerprint density at radius 3 is 2.48 bits per heavy atom. The highest BCUT2D eigenvalue weighted by Crippen LogP contribution is 2.43. The zero-order valence-corrected chi connectivity index (χ0v) is 15.2. The second kappa shape index (κ2) is 6.67. The van der Waals surface area contributed by atoms with Gasteiger partial charge in [-0.3, -0.25) is 0 Å². The molecule has 25 heavy (non-hydrogen) atoms. The summed E-state index contributed by atoms with van der Waals surface area (Å²) in [5, 5.41) is 10.1. The van der Waals surface area contributed by atoms with Gasteiger partial charge in [-0.2, -0.15) is 0 Å². The van der Waals surface area contributed by atoms with Crippen molar-refractivity contribution >= 4 is 16.9 Å². The Bertz CT molecular complexity index is 933. The molecule has 0 atom stereocenters. The molecule has 1 saturated carbocycles. The number of aromatic hydroxyl groups is 1. The fraction of sp³-hybridized carbons (Fsp3) is 0.350. The molecule has 0 saturated heterocycles. The van der Waals surface area contributed by atoms with Crippen LogP contribution < -0.4 is 5.73 Å². The molecular formula is C20H24N4O. The van der Waals surface area contributed by atoms with Crippen molar-refractivity contribution < 1.29 is 5.11 Å². The van der Waals surface area contributed by atoms with Gasteiger partial charge in [0.2, 0.25) is 0 Å². The van der Waals surface area contributed by atoms with Gasteiger partial charge in [-0.05, 0) is 55.5 Å². The van der Waals surface area contributed by atoms with Gasteiger partial charge in [-0.15, -0.1) is 0 Å². The number of phenols is 1. The summed E-state index contributed by atoms with van der Waals surface area (Å²) in [6.45, 7) is 7.96. The number of nitrogen functional groups attached to an aromatic ring is 1. The third-order valence-corrected chi connectivity index (χ3v) is 4.55. The van der Waals surface area contributed by atoms with Crippen LogP contribution in [0, 0.1) is 13.8 Å². The van der Waals surface area contributed by atoms with E-state index in [0.29, 0.717) is 17.3 Å². The number of hydrogen-bond donors (Lipinski definition) is 2. The second-order valence-corrected chi connectivity index (χ2v) is 6.23. The number of nitrogens with two attached hydrogens (primary N) is 1. The maximum atomic E-state index is 10.1. The van der Waals surface area contributed by atoms with E-state index in [1.165, 1.54) is 6.33 Å². The molecule has 2 heterocycles. The van der Waals surface area contributed by atoms with E-state index < -0.39 is 0 Å². The van der Waals surface area contributed by atoms with Crippen molar-refractivity contribution in [1.29, 1.82) is 0 Å². The fourth-order valence-electron chi connectivity index (χ4n) is 3.11. The first kappa shape index (κ1) is 17.1. The van der Waals surface area contributed by atoms with Gasteiger partial charge in [0.05, 0.1) is 0 Å². The van der Waals surface area contributed by atoms with E-state index in [1.807, 2.05) is 33.8 Å². The van der Waals surface area contributed by atoms with Gasteiger partial charge in [-0.25, -0.2) is 15.0 Å². The zero-order valence-electron chi connectivity index (χ0n) is 15.2. The van der Waals surface area contributed by atoms with Crippen LogP contribution in [0.3, 0.4) is 0 Å². The molecular weight excluding hydrogens is 312 g/mol. The van der Waals surface area contributed by atoms with Crippen LogP contribution in [0.5, 0.6) is 5.75 Å². The van der Waals surface area contributed by atoms with E-state index in [4.69, 9.17) is 10.7 Å². The molecule has 4 rings (SSSR count). The molecule has 130 valence electrons. The van der Waals surface area contributed by atoms with Crippen molar-refractivity contribution in [2.45, 2.75) is 46.5 Å². The SMILES string of the molecule is CC.Cc1ccc(O)c(C)c1-c1cc(C2CC2)nc2c(N)ncnc12. The number of aryl methyl sites for hydroxylation is 1. The number of benzene rings is 1. The highest BCUT2D eigenvalue weighted by Gasteiger charge is 2.27. The van der Waals surface area contributed by atoms with Crippen molar-refractivity contribution in [2.24, 2.45) is 0 Å². The molecule has 0 unspecified atom stereocenters. The molecule has 5 nitrogen and oxygen atoms in total. The van der Waals surface area contributed by atoms with Crippen molar-refractivity contribution in [3.8, 4) is 16.9 Å². The Morgan fingerprint density at radius 1 is 1.08 bits per heavy atom. The van der Waals surface area contributed by atoms with Crippen molar-refractivity contribution in [1.82, 2.24) is 15.0 Å². The molecule has 0 amide bonds. The Hall–Kier alpha value is -2.69. The maximum absolute atomic E-state index is 10.1. The van der Waals surface area contributed by atoms with Gasteiger partial charge >= 0.3 is 0 Å². The van der Waals surface area contributed by atoms with Crippen LogP contribution in [0.1, 0.15) is 49.4 Å². The van der Waals surface area contributed by atoms with E-state index in [1.54, 1.807) is 6.07 Å². The number of anilines is 1. The van der Waals surface area contributed by atoms with Gasteiger partial charge < -0.3 is 10.8 Å². The average Bonchev–Trinajstić information content (AvgIpc) is 3.46. The molecule has 1 aliphatic carbocycles. The zero-order chi connectivity index (χ0) is 18.1. The molecule has 0 spiro atoms. The van der Waals surface area contributed by atoms with Gasteiger partial charge in [0.15, 0.2) is 5.82 Å². The van der Waals surface area contributed by atoms with Crippen molar-refractivity contribution in [3.05, 3.63) is 41.3 Å². The van der Waals surface area contributed by atoms with Gasteiger partial charge in [0.1, 0.15) is 23.1 Å². The summed E-state index contributed by atoms with van der Waals surface area (Å²) >= 11 is 0. The number of hydrogen-bond acceptors (Lipinski definition) is 5. The summed E-state index contributed by atoms with van der Waals surface area (Å²) < 4.78 is 0. The lowest BCUT2D eigenvalue weighted by Crippen LogP contribution is -2.01. The first-order valence-electron chi connectivity index (χ1n) is 8.77. The van der Waals surface area contributed by atoms with E-state index in [-0.39, 0.29) is 5.75 Å². The van der Waals surface area contributed by atoms with Crippen LogP contribution >= 0.6 is 0 Å². The monoisotopic (exact) mass is 336 g/mol. The lowest BCUT2D eigenvalue weighted by Gasteiger charge is -2.15. The number of phenolic OH excluding ortho intramolecular Hbond substituents is 1. The van der Waals surface area contributed by atoms with Crippen LogP contribution in [-0.2, 0) is 0 Å².